The second-order valence-corrected chi connectivity index (χ2v) is 4.14. The molecule has 1 aromatic heterocycles. The third-order valence-corrected chi connectivity index (χ3v) is 2.98. The van der Waals surface area contributed by atoms with E-state index in [4.69, 9.17) is 0 Å². The van der Waals surface area contributed by atoms with Crippen molar-refractivity contribution in [2.75, 3.05) is 25.5 Å². The molecule has 0 saturated carbocycles. The predicted molar refractivity (Wildman–Crippen MR) is 73.5 cm³/mol. The molecule has 0 aliphatic heterocycles. The molecule has 0 bridgehead atoms. The van der Waals surface area contributed by atoms with Crippen LogP contribution in [0.5, 0.6) is 0 Å². The lowest BCUT2D eigenvalue weighted by Gasteiger charge is -2.15. The number of nitrogens with one attached hydrogen (secondary N) is 1. The second kappa shape index (κ2) is 5.49. The molecular formula is C14H17N3O. The highest BCUT2D eigenvalue weighted by molar-refractivity contribution is 5.92. The van der Waals surface area contributed by atoms with E-state index in [9.17, 15) is 4.79 Å². The number of rotatable bonds is 4. The summed E-state index contributed by atoms with van der Waals surface area (Å²) in [6.07, 6.45) is 1.75. The van der Waals surface area contributed by atoms with E-state index in [1.165, 1.54) is 0 Å². The molecule has 2 aromatic rings. The van der Waals surface area contributed by atoms with E-state index in [2.05, 4.69) is 10.3 Å². The van der Waals surface area contributed by atoms with Crippen molar-refractivity contribution in [2.45, 2.75) is 6.92 Å². The molecule has 0 spiro atoms. The van der Waals surface area contributed by atoms with Crippen molar-refractivity contribution < 1.29 is 4.79 Å². The Balaban J connectivity index is 2.15. The molecule has 4 nitrogen and oxygen atoms in total. The summed E-state index contributed by atoms with van der Waals surface area (Å²) in [5.41, 5.74) is 1.87. The van der Waals surface area contributed by atoms with Crippen LogP contribution in [-0.4, -0.2) is 35.9 Å². The lowest BCUT2D eigenvalue weighted by Crippen LogP contribution is -2.31. The van der Waals surface area contributed by atoms with Gasteiger partial charge in [-0.15, -0.1) is 0 Å². The minimum absolute atomic E-state index is 0.0818. The smallest absolute Gasteiger partial charge is 0.241 e. The number of likely N-dealkylation sites (N-methyl/N-ethyl adjacent to an activating group) is 1. The van der Waals surface area contributed by atoms with Crippen LogP contribution in [-0.2, 0) is 4.79 Å². The normalized spacial score (nSPS) is 10.3. The number of nitrogens with zero attached hydrogens (tertiary/aromatic N) is 2. The first-order valence-corrected chi connectivity index (χ1v) is 6.04. The fourth-order valence-corrected chi connectivity index (χ4v) is 1.73. The first kappa shape index (κ1) is 12.4. The summed E-state index contributed by atoms with van der Waals surface area (Å²) in [6.45, 7) is 2.98. The first-order valence-electron chi connectivity index (χ1n) is 6.04. The van der Waals surface area contributed by atoms with Crippen molar-refractivity contribution in [3.8, 4) is 0 Å². The van der Waals surface area contributed by atoms with Crippen LogP contribution >= 0.6 is 0 Å². The fraction of sp³-hybridized carbons (Fsp3) is 0.286. The maximum absolute atomic E-state index is 11.7. The van der Waals surface area contributed by atoms with Gasteiger partial charge >= 0.3 is 0 Å². The topological polar surface area (TPSA) is 45.2 Å². The largest absolute Gasteiger partial charge is 0.376 e. The quantitative estimate of drug-likeness (QED) is 0.894. The Morgan fingerprint density at radius 2 is 2.11 bits per heavy atom. The Morgan fingerprint density at radius 3 is 2.89 bits per heavy atom. The molecule has 0 saturated heterocycles. The number of carbonyl (C=O) groups is 1. The molecule has 0 atom stereocenters. The number of hydrogen-bond donors (Lipinski definition) is 1. The van der Waals surface area contributed by atoms with Crippen molar-refractivity contribution in [2.24, 2.45) is 0 Å². The zero-order valence-electron chi connectivity index (χ0n) is 10.7. The Morgan fingerprint density at radius 1 is 1.33 bits per heavy atom. The molecule has 1 aromatic carbocycles. The molecule has 2 rings (SSSR count). The molecule has 1 heterocycles. The van der Waals surface area contributed by atoms with Crippen molar-refractivity contribution in [3.63, 3.8) is 0 Å². The highest BCUT2D eigenvalue weighted by Gasteiger charge is 2.07. The molecule has 0 radical (unpaired) electrons. The number of carbonyl (C=O) groups excluding carboxylic acids is 1. The molecule has 0 fully saturated rings. The number of pyridine rings is 1. The molecule has 0 aliphatic carbocycles. The van der Waals surface area contributed by atoms with Crippen LogP contribution in [0, 0.1) is 0 Å². The van der Waals surface area contributed by atoms with Gasteiger partial charge in [0.05, 0.1) is 12.1 Å². The highest BCUT2D eigenvalue weighted by Crippen LogP contribution is 2.20. The van der Waals surface area contributed by atoms with Crippen LogP contribution in [0.2, 0.25) is 0 Å². The van der Waals surface area contributed by atoms with Crippen LogP contribution in [0.15, 0.2) is 36.5 Å². The number of anilines is 1. The predicted octanol–water partition coefficient (Wildman–Crippen LogP) is 2.12. The summed E-state index contributed by atoms with van der Waals surface area (Å²) < 4.78 is 0. The lowest BCUT2D eigenvalue weighted by atomic mass is 10.2. The van der Waals surface area contributed by atoms with Gasteiger partial charge in [-0.1, -0.05) is 18.2 Å². The molecule has 1 N–H and O–H groups in total. The third-order valence-electron chi connectivity index (χ3n) is 2.98. The van der Waals surface area contributed by atoms with Crippen molar-refractivity contribution in [1.29, 1.82) is 0 Å². The van der Waals surface area contributed by atoms with Gasteiger partial charge in [-0.2, -0.15) is 0 Å². The highest BCUT2D eigenvalue weighted by atomic mass is 16.2. The summed E-state index contributed by atoms with van der Waals surface area (Å²) in [5.74, 6) is 0.0818. The van der Waals surface area contributed by atoms with Crippen LogP contribution in [0.4, 0.5) is 5.69 Å². The SMILES string of the molecule is CCN(C)C(=O)CNc1ccnc2ccccc12. The summed E-state index contributed by atoms with van der Waals surface area (Å²) in [7, 11) is 1.80. The first-order chi connectivity index (χ1) is 8.72. The van der Waals surface area contributed by atoms with Gasteiger partial charge in [0, 0.05) is 30.9 Å². The Kier molecular flexibility index (Phi) is 3.77. The van der Waals surface area contributed by atoms with Crippen LogP contribution in [0.25, 0.3) is 10.9 Å². The second-order valence-electron chi connectivity index (χ2n) is 4.14. The van der Waals surface area contributed by atoms with Crippen LogP contribution < -0.4 is 5.32 Å². The maximum atomic E-state index is 11.7. The third kappa shape index (κ3) is 2.59. The molecular weight excluding hydrogens is 226 g/mol. The average Bonchev–Trinajstić information content (AvgIpc) is 2.43. The van der Waals surface area contributed by atoms with Gasteiger partial charge in [-0.05, 0) is 19.1 Å². The molecule has 94 valence electrons. The zero-order valence-corrected chi connectivity index (χ0v) is 10.7. The van der Waals surface area contributed by atoms with Crippen LogP contribution in [0.1, 0.15) is 6.92 Å². The van der Waals surface area contributed by atoms with Crippen molar-refractivity contribution in [3.05, 3.63) is 36.5 Å². The zero-order chi connectivity index (χ0) is 13.0. The summed E-state index contributed by atoms with van der Waals surface area (Å²) in [5, 5.41) is 4.21. The molecule has 1 amide bonds. The number of aromatic nitrogens is 1. The Labute approximate surface area is 107 Å². The van der Waals surface area contributed by atoms with Gasteiger partial charge in [-0.25, -0.2) is 0 Å². The van der Waals surface area contributed by atoms with Gasteiger partial charge in [0.2, 0.25) is 5.91 Å². The van der Waals surface area contributed by atoms with E-state index in [-0.39, 0.29) is 5.91 Å². The molecule has 0 unspecified atom stereocenters. The van der Waals surface area contributed by atoms with E-state index in [0.29, 0.717) is 6.54 Å². The minimum Gasteiger partial charge on any atom is -0.376 e. The number of benzene rings is 1. The number of hydrogen-bond acceptors (Lipinski definition) is 3. The Bertz CT molecular complexity index is 548. The number of fused-ring (bicyclic) bond motifs is 1. The summed E-state index contributed by atoms with van der Waals surface area (Å²) >= 11 is 0. The minimum atomic E-state index is 0.0818. The van der Waals surface area contributed by atoms with Gasteiger partial charge < -0.3 is 10.2 Å². The van der Waals surface area contributed by atoms with E-state index < -0.39 is 0 Å². The summed E-state index contributed by atoms with van der Waals surface area (Å²) in [4.78, 5) is 17.7. The fourth-order valence-electron chi connectivity index (χ4n) is 1.73. The van der Waals surface area contributed by atoms with Gasteiger partial charge in [0.25, 0.3) is 0 Å². The number of amides is 1. The van der Waals surface area contributed by atoms with Crippen LogP contribution in [0.3, 0.4) is 0 Å². The number of para-hydroxylation sites is 1. The van der Waals surface area contributed by atoms with E-state index in [1.54, 1.807) is 18.1 Å². The molecule has 18 heavy (non-hydrogen) atoms. The average molecular weight is 243 g/mol. The lowest BCUT2D eigenvalue weighted by molar-refractivity contribution is -0.127. The van der Waals surface area contributed by atoms with Gasteiger partial charge in [0.1, 0.15) is 0 Å². The van der Waals surface area contributed by atoms with Crippen molar-refractivity contribution >= 4 is 22.5 Å². The standard InChI is InChI=1S/C14H17N3O/c1-3-17(2)14(18)10-16-13-8-9-15-12-7-5-4-6-11(12)13/h4-9H,3,10H2,1-2H3,(H,15,16). The van der Waals surface area contributed by atoms with Gasteiger partial charge in [-0.3, -0.25) is 9.78 Å². The van der Waals surface area contributed by atoms with E-state index in [1.807, 2.05) is 37.3 Å². The maximum Gasteiger partial charge on any atom is 0.241 e. The van der Waals surface area contributed by atoms with Crippen molar-refractivity contribution in [1.82, 2.24) is 9.88 Å². The monoisotopic (exact) mass is 243 g/mol. The molecule has 4 heteroatoms. The van der Waals surface area contributed by atoms with Gasteiger partial charge in [0.15, 0.2) is 0 Å². The Hall–Kier alpha value is -2.10. The molecule has 0 aliphatic rings. The van der Waals surface area contributed by atoms with E-state index in [0.717, 1.165) is 23.1 Å². The van der Waals surface area contributed by atoms with E-state index >= 15 is 0 Å². The summed E-state index contributed by atoms with van der Waals surface area (Å²) in [6, 6.07) is 9.77.